The van der Waals surface area contributed by atoms with Crippen LogP contribution in [0.3, 0.4) is 0 Å². The third-order valence-electron chi connectivity index (χ3n) is 3.20. The first-order valence-corrected chi connectivity index (χ1v) is 7.34. The van der Waals surface area contributed by atoms with Gasteiger partial charge in [0.25, 0.3) is 0 Å². The number of anilines is 1. The van der Waals surface area contributed by atoms with Crippen molar-refractivity contribution >= 4 is 17.5 Å². The minimum Gasteiger partial charge on any atom is -0.342 e. The van der Waals surface area contributed by atoms with E-state index in [9.17, 15) is 14.0 Å². The highest BCUT2D eigenvalue weighted by Gasteiger charge is 2.11. The Kier molecular flexibility index (Phi) is 7.52. The summed E-state index contributed by atoms with van der Waals surface area (Å²) in [6.07, 6.45) is 1.05. The van der Waals surface area contributed by atoms with Crippen molar-refractivity contribution in [2.24, 2.45) is 0 Å². The lowest BCUT2D eigenvalue weighted by Crippen LogP contribution is -2.34. The van der Waals surface area contributed by atoms with E-state index in [-0.39, 0.29) is 18.2 Å². The largest absolute Gasteiger partial charge is 0.342 e. The van der Waals surface area contributed by atoms with Gasteiger partial charge in [0.1, 0.15) is 5.82 Å². The van der Waals surface area contributed by atoms with Crippen molar-refractivity contribution in [3.05, 3.63) is 30.1 Å². The molecule has 2 amide bonds. The van der Waals surface area contributed by atoms with Crippen LogP contribution in [0, 0.1) is 5.82 Å². The molecular formula is C16H24FN3O2. The molecule has 22 heavy (non-hydrogen) atoms. The van der Waals surface area contributed by atoms with E-state index in [0.717, 1.165) is 13.0 Å². The van der Waals surface area contributed by atoms with Gasteiger partial charge in [-0.1, -0.05) is 6.07 Å². The maximum absolute atomic E-state index is 13.0. The molecule has 5 nitrogen and oxygen atoms in total. The normalized spacial score (nSPS) is 10.6. The first-order valence-electron chi connectivity index (χ1n) is 7.34. The Hall–Kier alpha value is -1.95. The smallest absolute Gasteiger partial charge is 0.226 e. The maximum atomic E-state index is 13.0. The SMILES string of the molecule is CC(=O)N(CCCN(C)C)CCC(=O)Nc1cccc(F)c1. The van der Waals surface area contributed by atoms with Crippen LogP contribution in [0.4, 0.5) is 10.1 Å². The van der Waals surface area contributed by atoms with Crippen molar-refractivity contribution in [1.82, 2.24) is 9.80 Å². The van der Waals surface area contributed by atoms with Crippen molar-refractivity contribution in [2.75, 3.05) is 39.0 Å². The molecule has 1 aromatic carbocycles. The highest BCUT2D eigenvalue weighted by molar-refractivity contribution is 5.91. The summed E-state index contributed by atoms with van der Waals surface area (Å²) in [5.74, 6) is -0.673. The summed E-state index contributed by atoms with van der Waals surface area (Å²) >= 11 is 0. The van der Waals surface area contributed by atoms with E-state index in [4.69, 9.17) is 0 Å². The summed E-state index contributed by atoms with van der Waals surface area (Å²) in [5, 5.41) is 2.63. The summed E-state index contributed by atoms with van der Waals surface area (Å²) < 4.78 is 13.0. The highest BCUT2D eigenvalue weighted by Crippen LogP contribution is 2.09. The van der Waals surface area contributed by atoms with Crippen LogP contribution in [-0.4, -0.2) is 55.3 Å². The van der Waals surface area contributed by atoms with Crippen molar-refractivity contribution < 1.29 is 14.0 Å². The molecule has 0 saturated heterocycles. The number of nitrogens with one attached hydrogen (secondary N) is 1. The summed E-state index contributed by atoms with van der Waals surface area (Å²) in [5.41, 5.74) is 0.423. The Morgan fingerprint density at radius 2 is 1.91 bits per heavy atom. The fourth-order valence-electron chi connectivity index (χ4n) is 2.03. The third kappa shape index (κ3) is 7.17. The predicted molar refractivity (Wildman–Crippen MR) is 85.1 cm³/mol. The highest BCUT2D eigenvalue weighted by atomic mass is 19.1. The molecule has 1 N–H and O–H groups in total. The van der Waals surface area contributed by atoms with E-state index in [1.165, 1.54) is 25.1 Å². The fraction of sp³-hybridized carbons (Fsp3) is 0.500. The van der Waals surface area contributed by atoms with Crippen LogP contribution in [-0.2, 0) is 9.59 Å². The molecule has 0 fully saturated rings. The van der Waals surface area contributed by atoms with Gasteiger partial charge >= 0.3 is 0 Å². The molecule has 122 valence electrons. The van der Waals surface area contributed by atoms with Crippen molar-refractivity contribution in [1.29, 1.82) is 0 Å². The molecule has 0 unspecified atom stereocenters. The van der Waals surface area contributed by atoms with E-state index in [2.05, 4.69) is 10.2 Å². The Morgan fingerprint density at radius 1 is 1.18 bits per heavy atom. The monoisotopic (exact) mass is 309 g/mol. The number of rotatable bonds is 8. The van der Waals surface area contributed by atoms with Gasteiger partial charge in [-0.25, -0.2) is 4.39 Å². The van der Waals surface area contributed by atoms with E-state index >= 15 is 0 Å². The number of hydrogen-bond donors (Lipinski definition) is 1. The summed E-state index contributed by atoms with van der Waals surface area (Å²) in [6, 6.07) is 5.74. The van der Waals surface area contributed by atoms with E-state index in [1.54, 1.807) is 11.0 Å². The topological polar surface area (TPSA) is 52.7 Å². The van der Waals surface area contributed by atoms with Crippen molar-refractivity contribution in [3.63, 3.8) is 0 Å². The molecule has 0 saturated carbocycles. The van der Waals surface area contributed by atoms with Gasteiger partial charge in [-0.3, -0.25) is 9.59 Å². The molecule has 1 aromatic rings. The molecule has 0 aromatic heterocycles. The summed E-state index contributed by atoms with van der Waals surface area (Å²) in [7, 11) is 3.95. The van der Waals surface area contributed by atoms with Crippen LogP contribution < -0.4 is 5.32 Å². The first kappa shape index (κ1) is 18.1. The number of hydrogen-bond acceptors (Lipinski definition) is 3. The fourth-order valence-corrected chi connectivity index (χ4v) is 2.03. The van der Waals surface area contributed by atoms with Crippen LogP contribution in [0.5, 0.6) is 0 Å². The minimum absolute atomic E-state index is 0.0442. The molecule has 1 rings (SSSR count). The lowest BCUT2D eigenvalue weighted by Gasteiger charge is -2.21. The molecule has 0 aliphatic carbocycles. The van der Waals surface area contributed by atoms with Crippen molar-refractivity contribution in [3.8, 4) is 0 Å². The number of nitrogens with zero attached hydrogens (tertiary/aromatic N) is 2. The number of amides is 2. The van der Waals surface area contributed by atoms with Gasteiger partial charge in [-0.15, -0.1) is 0 Å². The van der Waals surface area contributed by atoms with Crippen molar-refractivity contribution in [2.45, 2.75) is 19.8 Å². The Bertz CT molecular complexity index is 506. The number of carbonyl (C=O) groups is 2. The molecule has 0 spiro atoms. The zero-order valence-electron chi connectivity index (χ0n) is 13.4. The second kappa shape index (κ2) is 9.15. The Morgan fingerprint density at radius 3 is 2.50 bits per heavy atom. The second-order valence-electron chi connectivity index (χ2n) is 5.47. The second-order valence-corrected chi connectivity index (χ2v) is 5.47. The third-order valence-corrected chi connectivity index (χ3v) is 3.20. The molecule has 0 aliphatic rings. The van der Waals surface area contributed by atoms with E-state index in [1.807, 2.05) is 14.1 Å². The number of carbonyl (C=O) groups excluding carboxylic acids is 2. The molecular weight excluding hydrogens is 285 g/mol. The van der Waals surface area contributed by atoms with E-state index < -0.39 is 5.82 Å². The van der Waals surface area contributed by atoms with Crippen LogP contribution in [0.25, 0.3) is 0 Å². The van der Waals surface area contributed by atoms with Crippen LogP contribution in [0.2, 0.25) is 0 Å². The molecule has 0 atom stereocenters. The van der Waals surface area contributed by atoms with E-state index in [0.29, 0.717) is 18.8 Å². The molecule has 0 bridgehead atoms. The summed E-state index contributed by atoms with van der Waals surface area (Å²) in [6.45, 7) is 3.38. The van der Waals surface area contributed by atoms with Gasteiger partial charge in [0.15, 0.2) is 0 Å². The average Bonchev–Trinajstić information content (AvgIpc) is 2.41. The minimum atomic E-state index is -0.396. The number of halogens is 1. The van der Waals surface area contributed by atoms with Crippen LogP contribution >= 0.6 is 0 Å². The molecule has 6 heteroatoms. The van der Waals surface area contributed by atoms with Gasteiger partial charge in [-0.05, 0) is 45.3 Å². The van der Waals surface area contributed by atoms with Gasteiger partial charge in [0.2, 0.25) is 11.8 Å². The lowest BCUT2D eigenvalue weighted by molar-refractivity contribution is -0.129. The Balaban J connectivity index is 2.40. The van der Waals surface area contributed by atoms with Gasteiger partial charge in [0, 0.05) is 32.1 Å². The van der Waals surface area contributed by atoms with Gasteiger partial charge < -0.3 is 15.1 Å². The molecule has 0 aliphatic heterocycles. The lowest BCUT2D eigenvalue weighted by atomic mass is 10.2. The van der Waals surface area contributed by atoms with Crippen LogP contribution in [0.15, 0.2) is 24.3 Å². The quantitative estimate of drug-likeness (QED) is 0.798. The first-order chi connectivity index (χ1) is 10.4. The van der Waals surface area contributed by atoms with Gasteiger partial charge in [-0.2, -0.15) is 0 Å². The zero-order chi connectivity index (χ0) is 16.5. The van der Waals surface area contributed by atoms with Gasteiger partial charge in [0.05, 0.1) is 0 Å². The molecule has 0 radical (unpaired) electrons. The Labute approximate surface area is 131 Å². The maximum Gasteiger partial charge on any atom is 0.226 e. The standard InChI is InChI=1S/C16H24FN3O2/c1-13(21)20(10-5-9-19(2)3)11-8-16(22)18-15-7-4-6-14(17)12-15/h4,6-7,12H,5,8-11H2,1-3H3,(H,18,22). The average molecular weight is 309 g/mol. The molecule has 0 heterocycles. The zero-order valence-corrected chi connectivity index (χ0v) is 13.4. The predicted octanol–water partition coefficient (Wildman–Crippen LogP) is 1.95. The summed E-state index contributed by atoms with van der Waals surface area (Å²) in [4.78, 5) is 27.1. The van der Waals surface area contributed by atoms with Crippen LogP contribution in [0.1, 0.15) is 19.8 Å². The number of benzene rings is 1.